The Labute approximate surface area is 79.5 Å². The van der Waals surface area contributed by atoms with Crippen molar-refractivity contribution in [3.63, 3.8) is 0 Å². The fraction of sp³-hybridized carbons (Fsp3) is 0.700. The fourth-order valence-corrected chi connectivity index (χ4v) is 1.56. The molecule has 0 radical (unpaired) electrons. The summed E-state index contributed by atoms with van der Waals surface area (Å²) in [6, 6.07) is 0.568. The Morgan fingerprint density at radius 2 is 2.08 bits per heavy atom. The van der Waals surface area contributed by atoms with Gasteiger partial charge < -0.3 is 10.2 Å². The SMILES string of the molecule is CC#CC(=O)N1CCC(NC)CC1. The van der Waals surface area contributed by atoms with E-state index in [-0.39, 0.29) is 5.91 Å². The molecule has 0 aromatic carbocycles. The summed E-state index contributed by atoms with van der Waals surface area (Å²) < 4.78 is 0. The monoisotopic (exact) mass is 180 g/mol. The fourth-order valence-electron chi connectivity index (χ4n) is 1.56. The van der Waals surface area contributed by atoms with Crippen molar-refractivity contribution in [3.8, 4) is 11.8 Å². The van der Waals surface area contributed by atoms with Crippen LogP contribution < -0.4 is 5.32 Å². The summed E-state index contributed by atoms with van der Waals surface area (Å²) >= 11 is 0. The van der Waals surface area contributed by atoms with Crippen molar-refractivity contribution in [2.24, 2.45) is 0 Å². The van der Waals surface area contributed by atoms with Gasteiger partial charge in [-0.15, -0.1) is 0 Å². The van der Waals surface area contributed by atoms with Gasteiger partial charge >= 0.3 is 0 Å². The summed E-state index contributed by atoms with van der Waals surface area (Å²) in [5, 5.41) is 3.22. The third-order valence-electron chi connectivity index (χ3n) is 2.42. The van der Waals surface area contributed by atoms with Crippen molar-refractivity contribution in [3.05, 3.63) is 0 Å². The highest BCUT2D eigenvalue weighted by Gasteiger charge is 2.20. The van der Waals surface area contributed by atoms with Gasteiger partial charge in [0.05, 0.1) is 0 Å². The van der Waals surface area contributed by atoms with Crippen LogP contribution >= 0.6 is 0 Å². The van der Waals surface area contributed by atoms with Gasteiger partial charge in [-0.3, -0.25) is 4.79 Å². The maximum Gasteiger partial charge on any atom is 0.298 e. The molecule has 13 heavy (non-hydrogen) atoms. The van der Waals surface area contributed by atoms with Crippen LogP contribution in [0.15, 0.2) is 0 Å². The van der Waals surface area contributed by atoms with E-state index in [4.69, 9.17) is 0 Å². The maximum atomic E-state index is 11.3. The molecule has 0 atom stereocenters. The minimum absolute atomic E-state index is 0.0305. The molecule has 0 aliphatic carbocycles. The Morgan fingerprint density at radius 1 is 1.46 bits per heavy atom. The van der Waals surface area contributed by atoms with E-state index in [1.54, 1.807) is 6.92 Å². The third kappa shape index (κ3) is 2.74. The molecule has 0 bridgehead atoms. The summed E-state index contributed by atoms with van der Waals surface area (Å²) in [6.45, 7) is 3.36. The highest BCUT2D eigenvalue weighted by atomic mass is 16.2. The number of hydrogen-bond donors (Lipinski definition) is 1. The van der Waals surface area contributed by atoms with Crippen LogP contribution in [0, 0.1) is 11.8 Å². The smallest absolute Gasteiger partial charge is 0.298 e. The van der Waals surface area contributed by atoms with Crippen LogP contribution in [0.5, 0.6) is 0 Å². The molecule has 3 nitrogen and oxygen atoms in total. The van der Waals surface area contributed by atoms with Crippen molar-refractivity contribution >= 4 is 5.91 Å². The Morgan fingerprint density at radius 3 is 2.54 bits per heavy atom. The van der Waals surface area contributed by atoms with E-state index in [0.29, 0.717) is 6.04 Å². The van der Waals surface area contributed by atoms with Crippen molar-refractivity contribution < 1.29 is 4.79 Å². The van der Waals surface area contributed by atoms with Crippen LogP contribution in [0.2, 0.25) is 0 Å². The van der Waals surface area contributed by atoms with Crippen molar-refractivity contribution in [1.82, 2.24) is 10.2 Å². The number of amides is 1. The van der Waals surface area contributed by atoms with Gasteiger partial charge in [0.2, 0.25) is 0 Å². The quantitative estimate of drug-likeness (QED) is 0.585. The summed E-state index contributed by atoms with van der Waals surface area (Å²) in [4.78, 5) is 13.1. The summed E-state index contributed by atoms with van der Waals surface area (Å²) in [7, 11) is 1.97. The molecule has 0 aromatic heterocycles. The van der Waals surface area contributed by atoms with Gasteiger partial charge in [0, 0.05) is 19.1 Å². The lowest BCUT2D eigenvalue weighted by Crippen LogP contribution is -2.43. The molecular weight excluding hydrogens is 164 g/mol. The van der Waals surface area contributed by atoms with Crippen molar-refractivity contribution in [1.29, 1.82) is 0 Å². The second kappa shape index (κ2) is 4.88. The van der Waals surface area contributed by atoms with Gasteiger partial charge in [-0.25, -0.2) is 0 Å². The van der Waals surface area contributed by atoms with E-state index < -0.39 is 0 Å². The first-order chi connectivity index (χ1) is 6.27. The Kier molecular flexibility index (Phi) is 3.78. The number of rotatable bonds is 1. The molecule has 0 unspecified atom stereocenters. The number of carbonyl (C=O) groups excluding carboxylic acids is 1. The first kappa shape index (κ1) is 10.1. The topological polar surface area (TPSA) is 32.3 Å². The summed E-state index contributed by atoms with van der Waals surface area (Å²) in [5.41, 5.74) is 0. The minimum Gasteiger partial charge on any atom is -0.332 e. The molecule has 0 saturated carbocycles. The molecule has 72 valence electrons. The maximum absolute atomic E-state index is 11.3. The third-order valence-corrected chi connectivity index (χ3v) is 2.42. The molecule has 1 N–H and O–H groups in total. The number of nitrogens with zero attached hydrogens (tertiary/aromatic N) is 1. The molecule has 1 aliphatic rings. The Balaban J connectivity index is 2.39. The van der Waals surface area contributed by atoms with E-state index >= 15 is 0 Å². The number of hydrogen-bond acceptors (Lipinski definition) is 2. The van der Waals surface area contributed by atoms with Crippen molar-refractivity contribution in [2.75, 3.05) is 20.1 Å². The second-order valence-electron chi connectivity index (χ2n) is 3.23. The lowest BCUT2D eigenvalue weighted by atomic mass is 10.1. The zero-order valence-corrected chi connectivity index (χ0v) is 8.26. The van der Waals surface area contributed by atoms with Crippen LogP contribution in [0.1, 0.15) is 19.8 Å². The highest BCUT2D eigenvalue weighted by molar-refractivity contribution is 5.93. The number of carbonyl (C=O) groups is 1. The van der Waals surface area contributed by atoms with E-state index in [1.165, 1.54) is 0 Å². The van der Waals surface area contributed by atoms with Gasteiger partial charge in [-0.2, -0.15) is 0 Å². The van der Waals surface area contributed by atoms with Crippen LogP contribution in [0.4, 0.5) is 0 Å². The molecule has 0 spiro atoms. The summed E-state index contributed by atoms with van der Waals surface area (Å²) in [5.74, 6) is 5.17. The van der Waals surface area contributed by atoms with Gasteiger partial charge in [0.25, 0.3) is 5.91 Å². The largest absolute Gasteiger partial charge is 0.332 e. The Hall–Kier alpha value is -1.01. The molecule has 1 aliphatic heterocycles. The number of piperidine rings is 1. The predicted octanol–water partition coefficient (Wildman–Crippen LogP) is 0.220. The zero-order chi connectivity index (χ0) is 9.68. The molecule has 1 heterocycles. The molecule has 1 fully saturated rings. The van der Waals surface area contributed by atoms with Gasteiger partial charge in [-0.05, 0) is 32.7 Å². The van der Waals surface area contributed by atoms with Crippen LogP contribution in [-0.2, 0) is 4.79 Å². The van der Waals surface area contributed by atoms with E-state index in [0.717, 1.165) is 25.9 Å². The molecule has 1 rings (SSSR count). The van der Waals surface area contributed by atoms with Gasteiger partial charge in [0.1, 0.15) is 0 Å². The standard InChI is InChI=1S/C10H16N2O/c1-3-4-10(13)12-7-5-9(11-2)6-8-12/h9,11H,5-8H2,1-2H3. The molecule has 1 amide bonds. The zero-order valence-electron chi connectivity index (χ0n) is 8.26. The molecule has 0 aromatic rings. The average molecular weight is 180 g/mol. The predicted molar refractivity (Wildman–Crippen MR) is 52.1 cm³/mol. The Bertz CT molecular complexity index is 231. The minimum atomic E-state index is -0.0305. The molecule has 1 saturated heterocycles. The first-order valence-electron chi connectivity index (χ1n) is 4.67. The van der Waals surface area contributed by atoms with Crippen LogP contribution in [0.3, 0.4) is 0 Å². The van der Waals surface area contributed by atoms with Crippen LogP contribution in [0.25, 0.3) is 0 Å². The summed E-state index contributed by atoms with van der Waals surface area (Å²) in [6.07, 6.45) is 2.07. The number of likely N-dealkylation sites (tertiary alicyclic amines) is 1. The average Bonchev–Trinajstić information content (AvgIpc) is 2.18. The lowest BCUT2D eigenvalue weighted by molar-refractivity contribution is -0.126. The van der Waals surface area contributed by atoms with Crippen LogP contribution in [-0.4, -0.2) is 37.0 Å². The van der Waals surface area contributed by atoms with E-state index in [1.807, 2.05) is 11.9 Å². The van der Waals surface area contributed by atoms with Crippen molar-refractivity contribution in [2.45, 2.75) is 25.8 Å². The van der Waals surface area contributed by atoms with E-state index in [2.05, 4.69) is 17.2 Å². The normalized spacial score (nSPS) is 17.8. The number of nitrogens with one attached hydrogen (secondary N) is 1. The molecule has 3 heteroatoms. The van der Waals surface area contributed by atoms with Gasteiger partial charge in [-0.1, -0.05) is 5.92 Å². The second-order valence-corrected chi connectivity index (χ2v) is 3.23. The first-order valence-corrected chi connectivity index (χ1v) is 4.67. The molecular formula is C10H16N2O. The van der Waals surface area contributed by atoms with Gasteiger partial charge in [0.15, 0.2) is 0 Å². The highest BCUT2D eigenvalue weighted by Crippen LogP contribution is 2.09. The lowest BCUT2D eigenvalue weighted by Gasteiger charge is -2.30. The van der Waals surface area contributed by atoms with E-state index in [9.17, 15) is 4.79 Å².